The summed E-state index contributed by atoms with van der Waals surface area (Å²) in [6.45, 7) is 0. The number of pyridine rings is 1. The quantitative estimate of drug-likeness (QED) is 0.873. The predicted octanol–water partition coefficient (Wildman–Crippen LogP) is 1.94. The average Bonchev–Trinajstić information content (AvgIpc) is 2.75. The van der Waals surface area contributed by atoms with Crippen molar-refractivity contribution in [3.05, 3.63) is 47.3 Å². The van der Waals surface area contributed by atoms with Gasteiger partial charge >= 0.3 is 5.97 Å². The Bertz CT molecular complexity index is 683. The van der Waals surface area contributed by atoms with Crippen LogP contribution in [-0.2, 0) is 0 Å². The molecule has 1 fully saturated rings. The molecule has 1 saturated heterocycles. The molecule has 0 radical (unpaired) electrons. The fourth-order valence-electron chi connectivity index (χ4n) is 2.46. The van der Waals surface area contributed by atoms with E-state index in [1.807, 2.05) is 30.3 Å². The maximum atomic E-state index is 11.2. The summed E-state index contributed by atoms with van der Waals surface area (Å²) in [5.41, 5.74) is 3.58. The summed E-state index contributed by atoms with van der Waals surface area (Å²) in [5, 5.41) is 11.8. The number of aromatic nitrogens is 1. The lowest BCUT2D eigenvalue weighted by Gasteiger charge is -2.19. The fourth-order valence-corrected chi connectivity index (χ4v) is 2.67. The van der Waals surface area contributed by atoms with E-state index < -0.39 is 5.97 Å². The van der Waals surface area contributed by atoms with Gasteiger partial charge in [-0.3, -0.25) is 4.98 Å². The molecule has 0 bridgehead atoms. The van der Waals surface area contributed by atoms with Crippen molar-refractivity contribution >= 4 is 29.1 Å². The first-order valence-electron chi connectivity index (χ1n) is 6.37. The van der Waals surface area contributed by atoms with Gasteiger partial charge in [-0.15, -0.1) is 0 Å². The summed E-state index contributed by atoms with van der Waals surface area (Å²) in [7, 11) is 1.90. The van der Waals surface area contributed by atoms with Gasteiger partial charge in [-0.1, -0.05) is 23.8 Å². The summed E-state index contributed by atoms with van der Waals surface area (Å²) in [6, 6.07) is 1.54. The van der Waals surface area contributed by atoms with Crippen molar-refractivity contribution in [2.75, 3.05) is 7.05 Å². The molecule has 0 saturated carbocycles. The Morgan fingerprint density at radius 3 is 3.14 bits per heavy atom. The number of fused-ring (bicyclic) bond motifs is 1. The number of allylic oxidation sites excluding steroid dienone is 2. The van der Waals surface area contributed by atoms with Gasteiger partial charge in [0, 0.05) is 18.3 Å². The van der Waals surface area contributed by atoms with Crippen LogP contribution in [0, 0.1) is 5.92 Å². The molecule has 2 heterocycles. The second-order valence-corrected chi connectivity index (χ2v) is 5.28. The molecule has 7 heteroatoms. The van der Waals surface area contributed by atoms with E-state index in [0.717, 1.165) is 0 Å². The number of carboxylic acid groups (broad SMARTS) is 1. The van der Waals surface area contributed by atoms with Gasteiger partial charge in [0.15, 0.2) is 0 Å². The number of rotatable bonds is 2. The van der Waals surface area contributed by atoms with E-state index in [4.69, 9.17) is 11.6 Å². The van der Waals surface area contributed by atoms with E-state index >= 15 is 0 Å². The van der Waals surface area contributed by atoms with Crippen molar-refractivity contribution < 1.29 is 9.90 Å². The van der Waals surface area contributed by atoms with Crippen LogP contribution in [0.25, 0.3) is 0 Å². The van der Waals surface area contributed by atoms with E-state index in [2.05, 4.69) is 15.4 Å². The Balaban J connectivity index is 2.01. The molecule has 2 unspecified atom stereocenters. The summed E-state index contributed by atoms with van der Waals surface area (Å²) in [5.74, 6) is -0.411. The molecule has 1 aromatic heterocycles. The van der Waals surface area contributed by atoms with Crippen molar-refractivity contribution in [2.45, 2.75) is 6.04 Å². The molecule has 21 heavy (non-hydrogen) atoms. The molecule has 108 valence electrons. The number of aromatic carboxylic acids is 1. The van der Waals surface area contributed by atoms with Crippen LogP contribution >= 0.6 is 11.6 Å². The largest absolute Gasteiger partial charge is 0.478 e. The Hall–Kier alpha value is -2.18. The van der Waals surface area contributed by atoms with Crippen molar-refractivity contribution in [3.8, 4) is 0 Å². The summed E-state index contributed by atoms with van der Waals surface area (Å²) < 4.78 is 0. The number of likely N-dealkylation sites (N-methyl/N-ethyl adjacent to an activating group) is 1. The minimum absolute atomic E-state index is 0.0330. The van der Waals surface area contributed by atoms with Crippen LogP contribution in [0.2, 0.25) is 0 Å². The molecule has 0 amide bonds. The van der Waals surface area contributed by atoms with Crippen molar-refractivity contribution in [2.24, 2.45) is 10.9 Å². The zero-order chi connectivity index (χ0) is 15.0. The van der Waals surface area contributed by atoms with Gasteiger partial charge < -0.3 is 10.5 Å². The molecule has 1 aliphatic carbocycles. The molecule has 0 spiro atoms. The van der Waals surface area contributed by atoms with Gasteiger partial charge in [0.05, 0.1) is 29.4 Å². The number of hydrogen-bond acceptors (Lipinski definition) is 4. The SMILES string of the molecule is CN1NC(=Nc2cnccc2C(=O)O)C2C=C(Cl)C=CC21. The number of aliphatic imine (C=N–C) groups is 1. The molecule has 0 aromatic carbocycles. The Morgan fingerprint density at radius 2 is 2.38 bits per heavy atom. The van der Waals surface area contributed by atoms with E-state index in [9.17, 15) is 9.90 Å². The zero-order valence-corrected chi connectivity index (χ0v) is 11.9. The fraction of sp³-hybridized carbons (Fsp3) is 0.214. The van der Waals surface area contributed by atoms with E-state index in [1.165, 1.54) is 18.5 Å². The third kappa shape index (κ3) is 2.55. The predicted molar refractivity (Wildman–Crippen MR) is 79.5 cm³/mol. The van der Waals surface area contributed by atoms with Crippen LogP contribution in [0.1, 0.15) is 10.4 Å². The Labute approximate surface area is 126 Å². The van der Waals surface area contributed by atoms with Gasteiger partial charge in [-0.25, -0.2) is 14.8 Å². The number of nitrogens with one attached hydrogen (secondary N) is 1. The topological polar surface area (TPSA) is 77.8 Å². The number of carbonyl (C=O) groups is 1. The van der Waals surface area contributed by atoms with Crippen LogP contribution in [0.5, 0.6) is 0 Å². The van der Waals surface area contributed by atoms with Crippen LogP contribution < -0.4 is 5.43 Å². The van der Waals surface area contributed by atoms with E-state index in [0.29, 0.717) is 16.6 Å². The van der Waals surface area contributed by atoms with Gasteiger partial charge in [0.2, 0.25) is 0 Å². The van der Waals surface area contributed by atoms with Crippen molar-refractivity contribution in [1.82, 2.24) is 15.4 Å². The van der Waals surface area contributed by atoms with Gasteiger partial charge in [0.1, 0.15) is 5.84 Å². The smallest absolute Gasteiger partial charge is 0.338 e. The number of amidine groups is 1. The number of hydrazine groups is 1. The zero-order valence-electron chi connectivity index (χ0n) is 11.2. The van der Waals surface area contributed by atoms with E-state index in [1.54, 1.807) is 0 Å². The lowest BCUT2D eigenvalue weighted by molar-refractivity contribution is 0.0697. The highest BCUT2D eigenvalue weighted by Gasteiger charge is 2.36. The second kappa shape index (κ2) is 5.31. The van der Waals surface area contributed by atoms with Crippen molar-refractivity contribution in [1.29, 1.82) is 0 Å². The summed E-state index contributed by atoms with van der Waals surface area (Å²) in [6.07, 6.45) is 8.61. The molecule has 2 atom stereocenters. The maximum Gasteiger partial charge on any atom is 0.338 e. The number of carboxylic acids is 1. The molecule has 1 aliphatic heterocycles. The normalized spacial score (nSPS) is 26.4. The number of nitrogens with zero attached hydrogens (tertiary/aromatic N) is 3. The number of hydrogen-bond donors (Lipinski definition) is 2. The Morgan fingerprint density at radius 1 is 1.57 bits per heavy atom. The highest BCUT2D eigenvalue weighted by Crippen LogP contribution is 2.29. The van der Waals surface area contributed by atoms with Crippen LogP contribution in [0.3, 0.4) is 0 Å². The molecular formula is C14H13ClN4O2. The Kier molecular flexibility index (Phi) is 3.48. The maximum absolute atomic E-state index is 11.2. The molecule has 1 aromatic rings. The summed E-state index contributed by atoms with van der Waals surface area (Å²) in [4.78, 5) is 19.6. The van der Waals surface area contributed by atoms with Gasteiger partial charge in [-0.05, 0) is 12.1 Å². The minimum Gasteiger partial charge on any atom is -0.478 e. The molecule has 3 rings (SSSR count). The van der Waals surface area contributed by atoms with Gasteiger partial charge in [-0.2, -0.15) is 0 Å². The molecule has 2 aliphatic rings. The van der Waals surface area contributed by atoms with E-state index in [-0.39, 0.29) is 17.5 Å². The first-order chi connectivity index (χ1) is 10.1. The lowest BCUT2D eigenvalue weighted by atomic mass is 9.95. The van der Waals surface area contributed by atoms with Crippen LogP contribution in [-0.4, -0.2) is 40.0 Å². The minimum atomic E-state index is -1.03. The molecule has 6 nitrogen and oxygen atoms in total. The van der Waals surface area contributed by atoms with Crippen LogP contribution in [0.4, 0.5) is 5.69 Å². The first-order valence-corrected chi connectivity index (χ1v) is 6.75. The average molecular weight is 305 g/mol. The van der Waals surface area contributed by atoms with Gasteiger partial charge in [0.25, 0.3) is 0 Å². The highest BCUT2D eigenvalue weighted by atomic mass is 35.5. The molecule has 2 N–H and O–H groups in total. The third-order valence-corrected chi connectivity index (χ3v) is 3.74. The van der Waals surface area contributed by atoms with Crippen LogP contribution in [0.15, 0.2) is 46.7 Å². The lowest BCUT2D eigenvalue weighted by Crippen LogP contribution is -2.33. The number of halogens is 1. The third-order valence-electron chi connectivity index (χ3n) is 3.48. The van der Waals surface area contributed by atoms with Crippen molar-refractivity contribution in [3.63, 3.8) is 0 Å². The monoisotopic (exact) mass is 304 g/mol. The highest BCUT2D eigenvalue weighted by molar-refractivity contribution is 6.31. The second-order valence-electron chi connectivity index (χ2n) is 4.84. The summed E-state index contributed by atoms with van der Waals surface area (Å²) >= 11 is 6.05. The standard InChI is InChI=1S/C14H13ClN4O2/c1-19-12-3-2-8(15)6-10(12)13(18-19)17-11-7-16-5-4-9(11)14(20)21/h2-7,10,12H,1H3,(H,17,18)(H,20,21). The molecular weight excluding hydrogens is 292 g/mol. The first kappa shape index (κ1) is 13.8.